The Morgan fingerprint density at radius 1 is 1.64 bits per heavy atom. The van der Waals surface area contributed by atoms with E-state index in [-0.39, 0.29) is 5.91 Å². The predicted molar refractivity (Wildman–Crippen MR) is 55.0 cm³/mol. The molecule has 0 fully saturated rings. The lowest BCUT2D eigenvalue weighted by atomic mass is 10.2. The zero-order valence-electron chi connectivity index (χ0n) is 8.72. The van der Waals surface area contributed by atoms with E-state index in [1.807, 2.05) is 20.8 Å². The number of rotatable bonds is 3. The summed E-state index contributed by atoms with van der Waals surface area (Å²) in [6.45, 7) is 5.56. The van der Waals surface area contributed by atoms with Gasteiger partial charge in [0.25, 0.3) is 0 Å². The molecule has 1 atom stereocenters. The van der Waals surface area contributed by atoms with Gasteiger partial charge in [-0.25, -0.2) is 0 Å². The first-order chi connectivity index (χ1) is 6.56. The number of aromatic amines is 1. The number of hydrogen-bond acceptors (Lipinski definition) is 3. The summed E-state index contributed by atoms with van der Waals surface area (Å²) in [5.41, 5.74) is 7.95. The van der Waals surface area contributed by atoms with E-state index in [0.717, 1.165) is 17.1 Å². The fourth-order valence-electron chi connectivity index (χ4n) is 1.14. The van der Waals surface area contributed by atoms with Crippen LogP contribution in [-0.4, -0.2) is 22.1 Å². The topological polar surface area (TPSA) is 83.8 Å². The molecule has 0 saturated heterocycles. The number of nitrogens with two attached hydrogens (primary N) is 1. The van der Waals surface area contributed by atoms with Crippen LogP contribution in [0.25, 0.3) is 0 Å². The maximum absolute atomic E-state index is 11.5. The van der Waals surface area contributed by atoms with Crippen LogP contribution in [0.4, 0.5) is 5.69 Å². The van der Waals surface area contributed by atoms with E-state index in [9.17, 15) is 4.79 Å². The van der Waals surface area contributed by atoms with Crippen molar-refractivity contribution in [3.8, 4) is 0 Å². The number of carbonyl (C=O) groups is 1. The molecule has 1 amide bonds. The number of amides is 1. The van der Waals surface area contributed by atoms with Crippen LogP contribution in [0.3, 0.4) is 0 Å². The lowest BCUT2D eigenvalue weighted by molar-refractivity contribution is -0.117. The summed E-state index contributed by atoms with van der Waals surface area (Å²) in [5, 5.41) is 9.52. The minimum atomic E-state index is -0.455. The number of carbonyl (C=O) groups excluding carboxylic acids is 1. The first kappa shape index (κ1) is 10.7. The Labute approximate surface area is 83.1 Å². The zero-order chi connectivity index (χ0) is 10.7. The van der Waals surface area contributed by atoms with Crippen LogP contribution in [-0.2, 0) is 4.79 Å². The lowest BCUT2D eigenvalue weighted by Crippen LogP contribution is -2.35. The number of hydrogen-bond donors (Lipinski definition) is 3. The van der Waals surface area contributed by atoms with Crippen LogP contribution in [0, 0.1) is 13.8 Å². The Bertz CT molecular complexity index is 312. The highest BCUT2D eigenvalue weighted by molar-refractivity contribution is 5.95. The molecule has 0 unspecified atom stereocenters. The quantitative estimate of drug-likeness (QED) is 0.665. The highest BCUT2D eigenvalue weighted by Crippen LogP contribution is 2.15. The van der Waals surface area contributed by atoms with Crippen molar-refractivity contribution in [3.05, 3.63) is 11.4 Å². The van der Waals surface area contributed by atoms with E-state index in [1.54, 1.807) is 0 Å². The molecule has 0 aromatic carbocycles. The number of H-pyrrole nitrogens is 1. The molecule has 0 bridgehead atoms. The third kappa shape index (κ3) is 2.11. The molecular weight excluding hydrogens is 180 g/mol. The van der Waals surface area contributed by atoms with E-state index in [2.05, 4.69) is 15.5 Å². The second-order valence-electron chi connectivity index (χ2n) is 3.31. The van der Waals surface area contributed by atoms with Crippen molar-refractivity contribution in [2.75, 3.05) is 5.32 Å². The SMILES string of the molecule is CC[C@H](N)C(=O)Nc1c(C)n[nH]c1C. The van der Waals surface area contributed by atoms with Gasteiger partial charge in [-0.3, -0.25) is 9.89 Å². The minimum absolute atomic E-state index is 0.167. The number of nitrogens with zero attached hydrogens (tertiary/aromatic N) is 1. The van der Waals surface area contributed by atoms with Gasteiger partial charge in [-0.05, 0) is 20.3 Å². The monoisotopic (exact) mass is 196 g/mol. The molecule has 5 nitrogen and oxygen atoms in total. The van der Waals surface area contributed by atoms with Crippen molar-refractivity contribution >= 4 is 11.6 Å². The molecule has 0 aliphatic rings. The Balaban J connectivity index is 2.74. The third-order valence-corrected chi connectivity index (χ3v) is 2.15. The van der Waals surface area contributed by atoms with E-state index in [4.69, 9.17) is 5.73 Å². The molecule has 1 aromatic rings. The van der Waals surface area contributed by atoms with Crippen molar-refractivity contribution in [1.82, 2.24) is 10.2 Å². The van der Waals surface area contributed by atoms with Gasteiger partial charge in [-0.15, -0.1) is 0 Å². The first-order valence-corrected chi connectivity index (χ1v) is 4.64. The smallest absolute Gasteiger partial charge is 0.241 e. The van der Waals surface area contributed by atoms with Crippen LogP contribution in [0.2, 0.25) is 0 Å². The maximum atomic E-state index is 11.5. The normalized spacial score (nSPS) is 12.6. The van der Waals surface area contributed by atoms with Gasteiger partial charge in [0, 0.05) is 0 Å². The summed E-state index contributed by atoms with van der Waals surface area (Å²) >= 11 is 0. The van der Waals surface area contributed by atoms with Gasteiger partial charge >= 0.3 is 0 Å². The van der Waals surface area contributed by atoms with Crippen molar-refractivity contribution in [2.45, 2.75) is 33.2 Å². The Hall–Kier alpha value is -1.36. The standard InChI is InChI=1S/C9H16N4O/c1-4-7(10)9(14)11-8-5(2)12-13-6(8)3/h7H,4,10H2,1-3H3,(H,11,14)(H,12,13)/t7-/m0/s1. The molecule has 1 aromatic heterocycles. The molecule has 14 heavy (non-hydrogen) atoms. The van der Waals surface area contributed by atoms with E-state index in [1.165, 1.54) is 0 Å². The minimum Gasteiger partial charge on any atom is -0.322 e. The molecule has 78 valence electrons. The van der Waals surface area contributed by atoms with Gasteiger partial charge in [0.15, 0.2) is 0 Å². The van der Waals surface area contributed by atoms with Crippen molar-refractivity contribution in [2.24, 2.45) is 5.73 Å². The average molecular weight is 196 g/mol. The molecule has 0 aliphatic carbocycles. The summed E-state index contributed by atoms with van der Waals surface area (Å²) in [6, 6.07) is -0.455. The Kier molecular flexibility index (Phi) is 3.24. The molecule has 1 rings (SSSR count). The fourth-order valence-corrected chi connectivity index (χ4v) is 1.14. The van der Waals surface area contributed by atoms with E-state index < -0.39 is 6.04 Å². The molecule has 0 aliphatic heterocycles. The van der Waals surface area contributed by atoms with E-state index >= 15 is 0 Å². The van der Waals surface area contributed by atoms with Gasteiger partial charge in [0.2, 0.25) is 5.91 Å². The van der Waals surface area contributed by atoms with Crippen molar-refractivity contribution in [3.63, 3.8) is 0 Å². The summed E-state index contributed by atoms with van der Waals surface area (Å²) in [7, 11) is 0. The maximum Gasteiger partial charge on any atom is 0.241 e. The van der Waals surface area contributed by atoms with Crippen molar-refractivity contribution in [1.29, 1.82) is 0 Å². The summed E-state index contributed by atoms with van der Waals surface area (Å²) in [5.74, 6) is -0.167. The molecule has 0 radical (unpaired) electrons. The third-order valence-electron chi connectivity index (χ3n) is 2.15. The summed E-state index contributed by atoms with van der Waals surface area (Å²) in [6.07, 6.45) is 0.627. The highest BCUT2D eigenvalue weighted by Gasteiger charge is 2.14. The zero-order valence-corrected chi connectivity index (χ0v) is 8.72. The number of aromatic nitrogens is 2. The van der Waals surface area contributed by atoms with Gasteiger partial charge < -0.3 is 11.1 Å². The van der Waals surface area contributed by atoms with Gasteiger partial charge in [-0.2, -0.15) is 5.10 Å². The fraction of sp³-hybridized carbons (Fsp3) is 0.556. The van der Waals surface area contributed by atoms with Gasteiger partial charge in [-0.1, -0.05) is 6.92 Å². The number of aryl methyl sites for hydroxylation is 2. The first-order valence-electron chi connectivity index (χ1n) is 4.64. The van der Waals surface area contributed by atoms with Crippen LogP contribution in [0.5, 0.6) is 0 Å². The largest absolute Gasteiger partial charge is 0.322 e. The number of anilines is 1. The highest BCUT2D eigenvalue weighted by atomic mass is 16.2. The van der Waals surface area contributed by atoms with Crippen molar-refractivity contribution < 1.29 is 4.79 Å². The number of nitrogens with one attached hydrogen (secondary N) is 2. The van der Waals surface area contributed by atoms with Crippen LogP contribution >= 0.6 is 0 Å². The second kappa shape index (κ2) is 4.23. The Morgan fingerprint density at radius 2 is 2.29 bits per heavy atom. The molecule has 4 N–H and O–H groups in total. The average Bonchev–Trinajstić information content (AvgIpc) is 2.48. The van der Waals surface area contributed by atoms with Gasteiger partial charge in [0.05, 0.1) is 23.1 Å². The molecule has 0 saturated carbocycles. The summed E-state index contributed by atoms with van der Waals surface area (Å²) in [4.78, 5) is 11.5. The Morgan fingerprint density at radius 3 is 2.71 bits per heavy atom. The second-order valence-corrected chi connectivity index (χ2v) is 3.31. The van der Waals surface area contributed by atoms with Gasteiger partial charge in [0.1, 0.15) is 0 Å². The van der Waals surface area contributed by atoms with E-state index in [0.29, 0.717) is 6.42 Å². The lowest BCUT2D eigenvalue weighted by Gasteiger charge is -2.09. The van der Waals surface area contributed by atoms with Crippen LogP contribution < -0.4 is 11.1 Å². The molecular formula is C9H16N4O. The molecule has 0 spiro atoms. The van der Waals surface area contributed by atoms with Crippen LogP contribution in [0.15, 0.2) is 0 Å². The van der Waals surface area contributed by atoms with Crippen LogP contribution in [0.1, 0.15) is 24.7 Å². The summed E-state index contributed by atoms with van der Waals surface area (Å²) < 4.78 is 0. The predicted octanol–water partition coefficient (Wildman–Crippen LogP) is 0.702. The molecule has 5 heteroatoms. The molecule has 1 heterocycles.